The van der Waals surface area contributed by atoms with Crippen molar-refractivity contribution in [1.82, 2.24) is 4.90 Å². The number of nitrogens with zero attached hydrogens (tertiary/aromatic N) is 1. The zero-order valence-corrected chi connectivity index (χ0v) is 12.2. The number of Topliss-reactive ketones (excluding diaryl/α,β-unsaturated/α-hetero) is 1. The summed E-state index contributed by atoms with van der Waals surface area (Å²) in [6, 6.07) is 0. The van der Waals surface area contributed by atoms with E-state index in [4.69, 9.17) is 0 Å². The van der Waals surface area contributed by atoms with Crippen molar-refractivity contribution in [2.75, 3.05) is 13.1 Å². The quantitative estimate of drug-likeness (QED) is 0.716. The van der Waals surface area contributed by atoms with E-state index < -0.39 is 0 Å². The van der Waals surface area contributed by atoms with Crippen molar-refractivity contribution in [1.29, 1.82) is 0 Å². The molecule has 0 aromatic heterocycles. The Morgan fingerprint density at radius 1 is 1.06 bits per heavy atom. The summed E-state index contributed by atoms with van der Waals surface area (Å²) in [6.07, 6.45) is 2.34. The molecule has 0 N–H and O–H groups in total. The third-order valence-electron chi connectivity index (χ3n) is 2.90. The fourth-order valence-corrected chi connectivity index (χ4v) is 1.41. The Hall–Kier alpha value is -0.370. The third kappa shape index (κ3) is 5.64. The second-order valence-corrected chi connectivity index (χ2v) is 6.62. The van der Waals surface area contributed by atoms with Gasteiger partial charge in [0.25, 0.3) is 0 Å². The summed E-state index contributed by atoms with van der Waals surface area (Å²) < 4.78 is 0. The number of carbonyl (C=O) groups excluding carboxylic acids is 1. The summed E-state index contributed by atoms with van der Waals surface area (Å²) >= 11 is 0. The number of rotatable bonds is 5. The predicted molar refractivity (Wildman–Crippen MR) is 70.7 cm³/mol. The van der Waals surface area contributed by atoms with E-state index >= 15 is 0 Å². The molecule has 0 fully saturated rings. The monoisotopic (exact) mass is 227 g/mol. The maximum Gasteiger partial charge on any atom is 0.152 e. The van der Waals surface area contributed by atoms with Gasteiger partial charge in [0.2, 0.25) is 0 Å². The van der Waals surface area contributed by atoms with Crippen LogP contribution in [0, 0.1) is 5.41 Å². The SMILES string of the molecule is CCCCN(CC(=O)C(C)(C)C)C(C)(C)C. The first-order valence-electron chi connectivity index (χ1n) is 6.37. The van der Waals surface area contributed by atoms with Crippen LogP contribution in [0.25, 0.3) is 0 Å². The van der Waals surface area contributed by atoms with Crippen LogP contribution in [0.15, 0.2) is 0 Å². The smallest absolute Gasteiger partial charge is 0.152 e. The summed E-state index contributed by atoms with van der Waals surface area (Å²) in [5, 5.41) is 0. The molecular formula is C14H29NO. The lowest BCUT2D eigenvalue weighted by Gasteiger charge is -2.36. The van der Waals surface area contributed by atoms with E-state index in [0.29, 0.717) is 12.3 Å². The molecule has 0 saturated carbocycles. The van der Waals surface area contributed by atoms with Gasteiger partial charge in [-0.05, 0) is 33.7 Å². The fourth-order valence-electron chi connectivity index (χ4n) is 1.41. The van der Waals surface area contributed by atoms with Crippen LogP contribution in [-0.2, 0) is 4.79 Å². The molecule has 2 nitrogen and oxygen atoms in total. The summed E-state index contributed by atoms with van der Waals surface area (Å²) in [6.45, 7) is 16.3. The predicted octanol–water partition coefficient (Wildman–Crippen LogP) is 3.50. The highest BCUT2D eigenvalue weighted by Gasteiger charge is 2.28. The maximum atomic E-state index is 12.0. The molecule has 0 unspecified atom stereocenters. The van der Waals surface area contributed by atoms with Crippen molar-refractivity contribution >= 4 is 5.78 Å². The van der Waals surface area contributed by atoms with Crippen molar-refractivity contribution in [3.05, 3.63) is 0 Å². The van der Waals surface area contributed by atoms with Crippen molar-refractivity contribution < 1.29 is 4.79 Å². The minimum Gasteiger partial charge on any atom is -0.298 e. The Morgan fingerprint density at radius 3 is 1.88 bits per heavy atom. The maximum absolute atomic E-state index is 12.0. The summed E-state index contributed by atoms with van der Waals surface area (Å²) in [7, 11) is 0. The minimum atomic E-state index is -0.226. The first-order chi connectivity index (χ1) is 7.09. The molecule has 0 spiro atoms. The summed E-state index contributed by atoms with van der Waals surface area (Å²) in [4.78, 5) is 14.3. The van der Waals surface area contributed by atoms with Crippen LogP contribution in [0.2, 0.25) is 0 Å². The molecule has 0 bridgehead atoms. The van der Waals surface area contributed by atoms with Crippen LogP contribution >= 0.6 is 0 Å². The number of ketones is 1. The average Bonchev–Trinajstić information content (AvgIpc) is 2.08. The van der Waals surface area contributed by atoms with Crippen molar-refractivity contribution in [3.8, 4) is 0 Å². The second-order valence-electron chi connectivity index (χ2n) is 6.62. The number of unbranched alkanes of at least 4 members (excludes halogenated alkanes) is 1. The Labute approximate surface area is 101 Å². The number of carbonyl (C=O) groups is 1. The van der Waals surface area contributed by atoms with Gasteiger partial charge < -0.3 is 0 Å². The molecule has 0 aromatic rings. The van der Waals surface area contributed by atoms with E-state index in [0.717, 1.165) is 13.0 Å². The second kappa shape index (κ2) is 5.81. The van der Waals surface area contributed by atoms with Gasteiger partial charge in [0.15, 0.2) is 5.78 Å². The Morgan fingerprint density at radius 2 is 1.56 bits per heavy atom. The molecule has 0 aliphatic heterocycles. The number of hydrogen-bond donors (Lipinski definition) is 0. The lowest BCUT2D eigenvalue weighted by Crippen LogP contribution is -2.47. The minimum absolute atomic E-state index is 0.0794. The van der Waals surface area contributed by atoms with E-state index in [1.165, 1.54) is 6.42 Å². The van der Waals surface area contributed by atoms with Crippen LogP contribution in [0.1, 0.15) is 61.3 Å². The molecule has 0 aliphatic rings. The van der Waals surface area contributed by atoms with E-state index in [1.807, 2.05) is 20.8 Å². The average molecular weight is 227 g/mol. The van der Waals surface area contributed by atoms with E-state index in [-0.39, 0.29) is 11.0 Å². The molecule has 16 heavy (non-hydrogen) atoms. The fraction of sp³-hybridized carbons (Fsp3) is 0.929. The number of hydrogen-bond acceptors (Lipinski definition) is 2. The summed E-state index contributed by atoms with van der Waals surface area (Å²) in [5.74, 6) is 0.332. The van der Waals surface area contributed by atoms with E-state index in [2.05, 4.69) is 32.6 Å². The highest BCUT2D eigenvalue weighted by Crippen LogP contribution is 2.20. The molecule has 0 saturated heterocycles. The Balaban J connectivity index is 4.50. The van der Waals surface area contributed by atoms with E-state index in [9.17, 15) is 4.79 Å². The van der Waals surface area contributed by atoms with Crippen molar-refractivity contribution in [3.63, 3.8) is 0 Å². The zero-order chi connectivity index (χ0) is 13.0. The lowest BCUT2D eigenvalue weighted by atomic mass is 9.89. The van der Waals surface area contributed by atoms with Gasteiger partial charge in [-0.3, -0.25) is 9.69 Å². The highest BCUT2D eigenvalue weighted by atomic mass is 16.1. The lowest BCUT2D eigenvalue weighted by molar-refractivity contribution is -0.128. The zero-order valence-electron chi connectivity index (χ0n) is 12.2. The first kappa shape index (κ1) is 15.6. The van der Waals surface area contributed by atoms with Crippen LogP contribution in [0.5, 0.6) is 0 Å². The van der Waals surface area contributed by atoms with E-state index in [1.54, 1.807) is 0 Å². The van der Waals surface area contributed by atoms with Gasteiger partial charge in [-0.25, -0.2) is 0 Å². The normalized spacial score (nSPS) is 13.2. The molecule has 0 heterocycles. The van der Waals surface area contributed by atoms with Gasteiger partial charge in [-0.1, -0.05) is 34.1 Å². The highest BCUT2D eigenvalue weighted by molar-refractivity contribution is 5.85. The van der Waals surface area contributed by atoms with Gasteiger partial charge >= 0.3 is 0 Å². The Bertz CT molecular complexity index is 220. The van der Waals surface area contributed by atoms with Gasteiger partial charge in [-0.2, -0.15) is 0 Å². The molecular weight excluding hydrogens is 198 g/mol. The molecule has 0 atom stereocenters. The van der Waals surface area contributed by atoms with Crippen LogP contribution in [-0.4, -0.2) is 29.3 Å². The molecule has 0 aliphatic carbocycles. The van der Waals surface area contributed by atoms with Gasteiger partial charge in [-0.15, -0.1) is 0 Å². The topological polar surface area (TPSA) is 20.3 Å². The first-order valence-corrected chi connectivity index (χ1v) is 6.37. The van der Waals surface area contributed by atoms with Crippen molar-refractivity contribution in [2.45, 2.75) is 66.8 Å². The Kier molecular flexibility index (Phi) is 5.67. The third-order valence-corrected chi connectivity index (χ3v) is 2.90. The summed E-state index contributed by atoms with van der Waals surface area (Å²) in [5.41, 5.74) is -0.147. The van der Waals surface area contributed by atoms with Gasteiger partial charge in [0, 0.05) is 11.0 Å². The molecule has 96 valence electrons. The van der Waals surface area contributed by atoms with Crippen LogP contribution < -0.4 is 0 Å². The van der Waals surface area contributed by atoms with Crippen molar-refractivity contribution in [2.24, 2.45) is 5.41 Å². The van der Waals surface area contributed by atoms with Crippen LogP contribution in [0.3, 0.4) is 0 Å². The van der Waals surface area contributed by atoms with Gasteiger partial charge in [0.05, 0.1) is 6.54 Å². The molecule has 0 radical (unpaired) electrons. The molecule has 0 amide bonds. The van der Waals surface area contributed by atoms with Gasteiger partial charge in [0.1, 0.15) is 0 Å². The molecule has 0 aromatic carbocycles. The standard InChI is InChI=1S/C14H29NO/c1-8-9-10-15(14(5,6)7)11-12(16)13(2,3)4/h8-11H2,1-7H3. The molecule has 2 heteroatoms. The molecule has 0 rings (SSSR count). The largest absolute Gasteiger partial charge is 0.298 e. The van der Waals surface area contributed by atoms with Crippen LogP contribution in [0.4, 0.5) is 0 Å².